The highest BCUT2D eigenvalue weighted by Gasteiger charge is 2.27. The molecule has 0 bridgehead atoms. The summed E-state index contributed by atoms with van der Waals surface area (Å²) in [5.41, 5.74) is 1.01. The number of halogens is 2. The fraction of sp³-hybridized carbons (Fsp3) is 0.231. The van der Waals surface area contributed by atoms with E-state index in [1.165, 1.54) is 16.4 Å². The van der Waals surface area contributed by atoms with Crippen LogP contribution in [0.1, 0.15) is 24.6 Å². The van der Waals surface area contributed by atoms with Crippen LogP contribution in [0.3, 0.4) is 0 Å². The van der Waals surface area contributed by atoms with Crippen molar-refractivity contribution in [2.75, 3.05) is 5.32 Å². The average Bonchev–Trinajstić information content (AvgIpc) is 3.15. The molecule has 2 aromatic rings. The fourth-order valence-corrected chi connectivity index (χ4v) is 2.25. The third-order valence-corrected chi connectivity index (χ3v) is 3.68. The van der Waals surface area contributed by atoms with Crippen LogP contribution in [0.25, 0.3) is 0 Å². The predicted octanol–water partition coefficient (Wildman–Crippen LogP) is 4.36. The molecular formula is C13H11ClIN3. The van der Waals surface area contributed by atoms with Crippen molar-refractivity contribution in [3.8, 4) is 0 Å². The van der Waals surface area contributed by atoms with Crippen LogP contribution in [0.15, 0.2) is 30.3 Å². The molecule has 1 saturated carbocycles. The molecule has 0 amide bonds. The number of aromatic nitrogens is 2. The second-order valence-electron chi connectivity index (χ2n) is 4.34. The second kappa shape index (κ2) is 5.01. The molecule has 5 heteroatoms. The summed E-state index contributed by atoms with van der Waals surface area (Å²) < 4.78 is 1.21. The summed E-state index contributed by atoms with van der Waals surface area (Å²) in [7, 11) is 0. The standard InChI is InChI=1S/C13H11ClIN3/c14-11-7-12(18-13(17-11)8-1-2-8)16-10-5-3-9(15)4-6-10/h3-8H,1-2H2,(H,16,17,18). The molecule has 0 unspecified atom stereocenters. The Balaban J connectivity index is 1.85. The van der Waals surface area contributed by atoms with Crippen LogP contribution in [-0.4, -0.2) is 9.97 Å². The Morgan fingerprint density at radius 2 is 1.89 bits per heavy atom. The lowest BCUT2D eigenvalue weighted by Crippen LogP contribution is -1.99. The molecule has 0 atom stereocenters. The Kier molecular flexibility index (Phi) is 3.39. The molecule has 92 valence electrons. The smallest absolute Gasteiger partial charge is 0.135 e. The summed E-state index contributed by atoms with van der Waals surface area (Å²) in [6.07, 6.45) is 2.34. The van der Waals surface area contributed by atoms with E-state index >= 15 is 0 Å². The van der Waals surface area contributed by atoms with Crippen LogP contribution in [-0.2, 0) is 0 Å². The van der Waals surface area contributed by atoms with Gasteiger partial charge in [-0.15, -0.1) is 0 Å². The molecule has 1 aromatic heterocycles. The highest BCUT2D eigenvalue weighted by molar-refractivity contribution is 14.1. The van der Waals surface area contributed by atoms with E-state index in [4.69, 9.17) is 11.6 Å². The molecule has 0 aliphatic heterocycles. The minimum Gasteiger partial charge on any atom is -0.340 e. The van der Waals surface area contributed by atoms with Crippen molar-refractivity contribution in [2.24, 2.45) is 0 Å². The highest BCUT2D eigenvalue weighted by Crippen LogP contribution is 2.38. The third kappa shape index (κ3) is 2.92. The van der Waals surface area contributed by atoms with E-state index < -0.39 is 0 Å². The van der Waals surface area contributed by atoms with Crippen LogP contribution in [0.5, 0.6) is 0 Å². The normalized spacial score (nSPS) is 14.6. The van der Waals surface area contributed by atoms with Crippen molar-refractivity contribution < 1.29 is 0 Å². The zero-order valence-electron chi connectivity index (χ0n) is 9.53. The van der Waals surface area contributed by atoms with Crippen LogP contribution in [0.4, 0.5) is 11.5 Å². The van der Waals surface area contributed by atoms with Gasteiger partial charge in [0.05, 0.1) is 0 Å². The van der Waals surface area contributed by atoms with Gasteiger partial charge in [-0.05, 0) is 59.7 Å². The predicted molar refractivity (Wildman–Crippen MR) is 81.5 cm³/mol. The Morgan fingerprint density at radius 3 is 2.56 bits per heavy atom. The van der Waals surface area contributed by atoms with E-state index in [1.54, 1.807) is 6.07 Å². The lowest BCUT2D eigenvalue weighted by molar-refractivity contribution is 0.931. The van der Waals surface area contributed by atoms with E-state index in [-0.39, 0.29) is 0 Å². The molecule has 1 N–H and O–H groups in total. The van der Waals surface area contributed by atoms with Gasteiger partial charge in [-0.1, -0.05) is 11.6 Å². The van der Waals surface area contributed by atoms with Crippen molar-refractivity contribution in [3.05, 3.63) is 44.9 Å². The summed E-state index contributed by atoms with van der Waals surface area (Å²) in [6, 6.07) is 9.90. The minimum absolute atomic E-state index is 0.500. The Bertz CT molecular complexity index is 567. The van der Waals surface area contributed by atoms with Crippen LogP contribution in [0.2, 0.25) is 5.15 Å². The van der Waals surface area contributed by atoms with Gasteiger partial charge in [-0.3, -0.25) is 0 Å². The molecule has 1 aromatic carbocycles. The SMILES string of the molecule is Clc1cc(Nc2ccc(I)cc2)nc(C2CC2)n1. The first kappa shape index (κ1) is 12.2. The fourth-order valence-electron chi connectivity index (χ4n) is 1.70. The van der Waals surface area contributed by atoms with Crippen LogP contribution in [0, 0.1) is 3.57 Å². The number of nitrogens with one attached hydrogen (secondary N) is 1. The second-order valence-corrected chi connectivity index (χ2v) is 5.97. The number of anilines is 2. The van der Waals surface area contributed by atoms with E-state index in [2.05, 4.69) is 37.9 Å². The van der Waals surface area contributed by atoms with Gasteiger partial charge < -0.3 is 5.32 Å². The summed E-state index contributed by atoms with van der Waals surface area (Å²) in [5.74, 6) is 2.12. The van der Waals surface area contributed by atoms with Crippen LogP contribution < -0.4 is 5.32 Å². The minimum atomic E-state index is 0.500. The number of nitrogens with zero attached hydrogens (tertiary/aromatic N) is 2. The molecular weight excluding hydrogens is 361 g/mol. The van der Waals surface area contributed by atoms with Gasteiger partial charge in [0.1, 0.15) is 16.8 Å². The van der Waals surface area contributed by atoms with E-state index in [0.717, 1.165) is 17.3 Å². The number of hydrogen-bond donors (Lipinski definition) is 1. The maximum absolute atomic E-state index is 6.02. The first-order valence-corrected chi connectivity index (χ1v) is 7.23. The molecule has 1 fully saturated rings. The monoisotopic (exact) mass is 371 g/mol. The van der Waals surface area contributed by atoms with E-state index in [1.807, 2.05) is 24.3 Å². The third-order valence-electron chi connectivity index (χ3n) is 2.77. The summed E-state index contributed by atoms with van der Waals surface area (Å²) in [5, 5.41) is 3.76. The van der Waals surface area contributed by atoms with Crippen molar-refractivity contribution in [1.82, 2.24) is 9.97 Å². The maximum Gasteiger partial charge on any atom is 0.135 e. The van der Waals surface area contributed by atoms with Gasteiger partial charge in [0.2, 0.25) is 0 Å². The quantitative estimate of drug-likeness (QED) is 0.644. The van der Waals surface area contributed by atoms with Crippen molar-refractivity contribution >= 4 is 45.7 Å². The average molecular weight is 372 g/mol. The molecule has 0 spiro atoms. The molecule has 1 aliphatic rings. The van der Waals surface area contributed by atoms with Gasteiger partial charge in [0, 0.05) is 21.2 Å². The van der Waals surface area contributed by atoms with Gasteiger partial charge in [-0.25, -0.2) is 9.97 Å². The summed E-state index contributed by atoms with van der Waals surface area (Å²) in [4.78, 5) is 8.77. The van der Waals surface area contributed by atoms with Gasteiger partial charge in [0.15, 0.2) is 0 Å². The number of hydrogen-bond acceptors (Lipinski definition) is 3. The number of rotatable bonds is 3. The van der Waals surface area contributed by atoms with Gasteiger partial charge >= 0.3 is 0 Å². The van der Waals surface area contributed by atoms with E-state index in [0.29, 0.717) is 11.1 Å². The lowest BCUT2D eigenvalue weighted by atomic mass is 10.3. The van der Waals surface area contributed by atoms with Gasteiger partial charge in [-0.2, -0.15) is 0 Å². The molecule has 0 saturated heterocycles. The Hall–Kier alpha value is -0.880. The lowest BCUT2D eigenvalue weighted by Gasteiger charge is -2.07. The van der Waals surface area contributed by atoms with Crippen molar-refractivity contribution in [2.45, 2.75) is 18.8 Å². The summed E-state index contributed by atoms with van der Waals surface area (Å²) in [6.45, 7) is 0. The molecule has 3 rings (SSSR count). The van der Waals surface area contributed by atoms with Crippen molar-refractivity contribution in [3.63, 3.8) is 0 Å². The molecule has 1 aliphatic carbocycles. The maximum atomic E-state index is 6.02. The van der Waals surface area contributed by atoms with E-state index in [9.17, 15) is 0 Å². The zero-order chi connectivity index (χ0) is 12.5. The largest absolute Gasteiger partial charge is 0.340 e. The summed E-state index contributed by atoms with van der Waals surface area (Å²) >= 11 is 8.30. The molecule has 0 radical (unpaired) electrons. The molecule has 1 heterocycles. The number of benzene rings is 1. The molecule has 18 heavy (non-hydrogen) atoms. The molecule has 3 nitrogen and oxygen atoms in total. The Morgan fingerprint density at radius 1 is 1.17 bits per heavy atom. The van der Waals surface area contributed by atoms with Crippen LogP contribution >= 0.6 is 34.2 Å². The van der Waals surface area contributed by atoms with Gasteiger partial charge in [0.25, 0.3) is 0 Å². The van der Waals surface area contributed by atoms with Crippen molar-refractivity contribution in [1.29, 1.82) is 0 Å². The Labute approximate surface area is 124 Å². The first-order chi connectivity index (χ1) is 8.70. The zero-order valence-corrected chi connectivity index (χ0v) is 12.4. The topological polar surface area (TPSA) is 37.8 Å². The first-order valence-electron chi connectivity index (χ1n) is 5.78. The highest BCUT2D eigenvalue weighted by atomic mass is 127.